The third kappa shape index (κ3) is 6.57. The maximum atomic E-state index is 12.3. The first kappa shape index (κ1) is 20.1. The monoisotopic (exact) mass is 379 g/mol. The van der Waals surface area contributed by atoms with Crippen molar-refractivity contribution in [3.8, 4) is 5.75 Å². The van der Waals surface area contributed by atoms with Crippen LogP contribution in [-0.2, 0) is 0 Å². The van der Waals surface area contributed by atoms with Crippen LogP contribution in [0.1, 0.15) is 17.2 Å². The van der Waals surface area contributed by atoms with E-state index in [-0.39, 0.29) is 11.8 Å². The molecule has 0 amide bonds. The molecule has 2 aromatic carbocycles. The maximum absolute atomic E-state index is 12.3. The lowest BCUT2D eigenvalue weighted by molar-refractivity contribution is -0.0498. The van der Waals surface area contributed by atoms with E-state index in [1.54, 1.807) is 12.1 Å². The van der Waals surface area contributed by atoms with Crippen LogP contribution in [0, 0.1) is 0 Å². The van der Waals surface area contributed by atoms with Gasteiger partial charge in [0, 0.05) is 13.1 Å². The van der Waals surface area contributed by atoms with Crippen molar-refractivity contribution in [1.29, 1.82) is 0 Å². The highest BCUT2D eigenvalue weighted by atomic mass is 32.1. The molecule has 0 unspecified atom stereocenters. The summed E-state index contributed by atoms with van der Waals surface area (Å²) in [5.74, 6) is 0.127. The average molecular weight is 379 g/mol. The van der Waals surface area contributed by atoms with Gasteiger partial charge >= 0.3 is 6.61 Å². The molecule has 0 aliphatic carbocycles. The normalized spacial score (nSPS) is 12.1. The van der Waals surface area contributed by atoms with Crippen LogP contribution in [0.5, 0.6) is 5.75 Å². The van der Waals surface area contributed by atoms with Crippen LogP contribution in [0.25, 0.3) is 0 Å². The second-order valence-corrected chi connectivity index (χ2v) is 6.40. The Bertz CT molecular complexity index is 681. The van der Waals surface area contributed by atoms with Crippen LogP contribution < -0.4 is 15.4 Å². The number of likely N-dealkylation sites (N-methyl/N-ethyl adjacent to an activating group) is 1. The van der Waals surface area contributed by atoms with E-state index in [2.05, 4.69) is 20.3 Å². The van der Waals surface area contributed by atoms with Crippen molar-refractivity contribution in [3.63, 3.8) is 0 Å². The van der Waals surface area contributed by atoms with Gasteiger partial charge < -0.3 is 20.3 Å². The summed E-state index contributed by atoms with van der Waals surface area (Å²) in [4.78, 5) is 2.06. The molecule has 4 nitrogen and oxygen atoms in total. The molecule has 0 aromatic heterocycles. The molecule has 0 spiro atoms. The van der Waals surface area contributed by atoms with E-state index in [0.717, 1.165) is 24.2 Å². The Hall–Kier alpha value is -2.25. The Balaban J connectivity index is 2.13. The molecule has 140 valence electrons. The first-order chi connectivity index (χ1) is 12.5. The number of thiocarbonyl (C=S) groups is 1. The molecule has 0 heterocycles. The fourth-order valence-electron chi connectivity index (χ4n) is 2.42. The van der Waals surface area contributed by atoms with Gasteiger partial charge in [0.15, 0.2) is 5.11 Å². The second kappa shape index (κ2) is 10.0. The van der Waals surface area contributed by atoms with Gasteiger partial charge in [-0.25, -0.2) is 0 Å². The van der Waals surface area contributed by atoms with Crippen LogP contribution in [0.4, 0.5) is 8.78 Å². The number of benzene rings is 2. The van der Waals surface area contributed by atoms with Crippen molar-refractivity contribution in [1.82, 2.24) is 15.5 Å². The van der Waals surface area contributed by atoms with Crippen molar-refractivity contribution >= 4 is 17.3 Å². The lowest BCUT2D eigenvalue weighted by Crippen LogP contribution is -2.40. The van der Waals surface area contributed by atoms with Gasteiger partial charge in [-0.3, -0.25) is 0 Å². The molecule has 2 aromatic rings. The van der Waals surface area contributed by atoms with Crippen molar-refractivity contribution in [2.45, 2.75) is 12.7 Å². The Morgan fingerprint density at radius 3 is 2.23 bits per heavy atom. The molecule has 0 radical (unpaired) electrons. The van der Waals surface area contributed by atoms with E-state index >= 15 is 0 Å². The van der Waals surface area contributed by atoms with Gasteiger partial charge in [0.1, 0.15) is 5.75 Å². The van der Waals surface area contributed by atoms with Crippen LogP contribution in [0.3, 0.4) is 0 Å². The van der Waals surface area contributed by atoms with Crippen LogP contribution in [0.15, 0.2) is 54.6 Å². The maximum Gasteiger partial charge on any atom is 0.387 e. The predicted octanol–water partition coefficient (Wildman–Crippen LogP) is 3.40. The number of hydrogen-bond acceptors (Lipinski definition) is 3. The van der Waals surface area contributed by atoms with Crippen molar-refractivity contribution in [2.24, 2.45) is 0 Å². The molecule has 0 bridgehead atoms. The van der Waals surface area contributed by atoms with E-state index < -0.39 is 6.61 Å². The second-order valence-electron chi connectivity index (χ2n) is 5.99. The third-order valence-electron chi connectivity index (χ3n) is 3.69. The quantitative estimate of drug-likeness (QED) is 0.688. The molecule has 26 heavy (non-hydrogen) atoms. The van der Waals surface area contributed by atoms with Crippen molar-refractivity contribution in [3.05, 3.63) is 65.7 Å². The molecule has 7 heteroatoms. The zero-order chi connectivity index (χ0) is 18.9. The molecule has 0 fully saturated rings. The van der Waals surface area contributed by atoms with Crippen molar-refractivity contribution < 1.29 is 13.5 Å². The first-order valence-corrected chi connectivity index (χ1v) is 8.65. The Morgan fingerprint density at radius 2 is 1.65 bits per heavy atom. The van der Waals surface area contributed by atoms with Gasteiger partial charge in [-0.05, 0) is 49.6 Å². The summed E-state index contributed by atoms with van der Waals surface area (Å²) in [5.41, 5.74) is 1.92. The number of hydrogen-bond donors (Lipinski definition) is 2. The minimum atomic E-state index is -2.84. The summed E-state index contributed by atoms with van der Waals surface area (Å²) >= 11 is 5.40. The summed E-state index contributed by atoms with van der Waals surface area (Å²) in [7, 11) is 3.99. The standard InChI is InChI=1S/C19H23F2N3OS/c1-24(2)13-12-22-19(26)23-17(14-6-4-3-5-7-14)15-8-10-16(11-9-15)25-18(20)21/h3-11,17-18H,12-13H2,1-2H3,(H2,22,23,26)/t17-/m1/s1. The number of alkyl halides is 2. The number of halogens is 2. The molecular weight excluding hydrogens is 356 g/mol. The van der Waals surface area contributed by atoms with Gasteiger partial charge in [0.2, 0.25) is 0 Å². The molecule has 0 aliphatic heterocycles. The van der Waals surface area contributed by atoms with E-state index in [4.69, 9.17) is 12.2 Å². The Labute approximate surface area is 158 Å². The van der Waals surface area contributed by atoms with E-state index in [1.165, 1.54) is 12.1 Å². The first-order valence-electron chi connectivity index (χ1n) is 8.24. The van der Waals surface area contributed by atoms with E-state index in [9.17, 15) is 8.78 Å². The molecule has 1 atom stereocenters. The van der Waals surface area contributed by atoms with E-state index in [1.807, 2.05) is 44.4 Å². The lowest BCUT2D eigenvalue weighted by Gasteiger charge is -2.22. The van der Waals surface area contributed by atoms with Gasteiger partial charge in [-0.15, -0.1) is 0 Å². The molecular formula is C19H23F2N3OS. The van der Waals surface area contributed by atoms with Gasteiger partial charge in [-0.2, -0.15) is 8.78 Å². The largest absolute Gasteiger partial charge is 0.435 e. The smallest absolute Gasteiger partial charge is 0.387 e. The highest BCUT2D eigenvalue weighted by Crippen LogP contribution is 2.24. The fourth-order valence-corrected chi connectivity index (χ4v) is 2.64. The average Bonchev–Trinajstić information content (AvgIpc) is 2.60. The Morgan fingerprint density at radius 1 is 1.04 bits per heavy atom. The zero-order valence-electron chi connectivity index (χ0n) is 14.8. The molecule has 0 aliphatic rings. The predicted molar refractivity (Wildman–Crippen MR) is 104 cm³/mol. The number of nitrogens with one attached hydrogen (secondary N) is 2. The fraction of sp³-hybridized carbons (Fsp3) is 0.316. The highest BCUT2D eigenvalue weighted by molar-refractivity contribution is 7.80. The summed E-state index contributed by atoms with van der Waals surface area (Å²) in [6, 6.07) is 16.2. The third-order valence-corrected chi connectivity index (χ3v) is 3.95. The highest BCUT2D eigenvalue weighted by Gasteiger charge is 2.15. The summed E-state index contributed by atoms with van der Waals surface area (Å²) in [6.45, 7) is -1.25. The lowest BCUT2D eigenvalue weighted by atomic mass is 9.99. The Kier molecular flexibility index (Phi) is 7.74. The van der Waals surface area contributed by atoms with Gasteiger partial charge in [-0.1, -0.05) is 42.5 Å². The summed E-state index contributed by atoms with van der Waals surface area (Å²) in [5, 5.41) is 7.01. The number of ether oxygens (including phenoxy) is 1. The van der Waals surface area contributed by atoms with Gasteiger partial charge in [0.25, 0.3) is 0 Å². The van der Waals surface area contributed by atoms with Crippen LogP contribution in [0.2, 0.25) is 0 Å². The topological polar surface area (TPSA) is 36.5 Å². The number of nitrogens with zero attached hydrogens (tertiary/aromatic N) is 1. The summed E-state index contributed by atoms with van der Waals surface area (Å²) < 4.78 is 29.1. The van der Waals surface area contributed by atoms with E-state index in [0.29, 0.717) is 5.11 Å². The van der Waals surface area contributed by atoms with Gasteiger partial charge in [0.05, 0.1) is 6.04 Å². The molecule has 2 N–H and O–H groups in total. The van der Waals surface area contributed by atoms with Crippen molar-refractivity contribution in [2.75, 3.05) is 27.2 Å². The minimum absolute atomic E-state index is 0.127. The van der Waals surface area contributed by atoms with Crippen LogP contribution >= 0.6 is 12.2 Å². The SMILES string of the molecule is CN(C)CCNC(=S)N[C@H](c1ccccc1)c1ccc(OC(F)F)cc1. The zero-order valence-corrected chi connectivity index (χ0v) is 15.6. The number of rotatable bonds is 8. The van der Waals surface area contributed by atoms with Crippen LogP contribution in [-0.4, -0.2) is 43.8 Å². The molecule has 0 saturated heterocycles. The molecule has 2 rings (SSSR count). The molecule has 0 saturated carbocycles. The summed E-state index contributed by atoms with van der Waals surface area (Å²) in [6.07, 6.45) is 0. The minimum Gasteiger partial charge on any atom is -0.435 e.